The smallest absolute Gasteiger partial charge is 0.0391 e. The summed E-state index contributed by atoms with van der Waals surface area (Å²) in [6, 6.07) is 0. The van der Waals surface area contributed by atoms with E-state index in [0.29, 0.717) is 0 Å². The topological polar surface area (TPSA) is 0 Å². The largest absolute Gasteiger partial charge is 0.0654 e. The highest BCUT2D eigenvalue weighted by Gasteiger charge is 2.15. The van der Waals surface area contributed by atoms with Gasteiger partial charge in [0.05, 0.1) is 0 Å². The molecule has 16 heavy (non-hydrogen) atoms. The molecule has 0 aliphatic rings. The monoisotopic (exact) mass is 226 g/mol. The van der Waals surface area contributed by atoms with Crippen molar-refractivity contribution in [2.75, 3.05) is 0 Å². The molecule has 0 amide bonds. The standard InChI is InChI=1S/C16H34/c1-6-9-11-14(4)12-13-16(8-3)15(5)10-7-2/h14-16H,6-13H2,1-5H3. The third-order valence-corrected chi connectivity index (χ3v) is 4.15. The average molecular weight is 226 g/mol. The Balaban J connectivity index is 3.76. The lowest BCUT2D eigenvalue weighted by Gasteiger charge is -2.23. The molecule has 0 bridgehead atoms. The lowest BCUT2D eigenvalue weighted by molar-refractivity contribution is 0.279. The SMILES string of the molecule is CCCCC(C)CCC(CC)C(C)CCC. The van der Waals surface area contributed by atoms with Crippen molar-refractivity contribution < 1.29 is 0 Å². The lowest BCUT2D eigenvalue weighted by atomic mass is 9.82. The molecule has 0 spiro atoms. The Morgan fingerprint density at radius 1 is 0.750 bits per heavy atom. The van der Waals surface area contributed by atoms with Crippen LogP contribution in [0.5, 0.6) is 0 Å². The van der Waals surface area contributed by atoms with E-state index in [1.165, 1.54) is 51.4 Å². The molecule has 0 saturated carbocycles. The molecule has 98 valence electrons. The summed E-state index contributed by atoms with van der Waals surface area (Å²) in [5.41, 5.74) is 0. The Hall–Kier alpha value is 0. The molecule has 0 N–H and O–H groups in total. The molecular formula is C16H34. The van der Waals surface area contributed by atoms with Crippen LogP contribution in [0.25, 0.3) is 0 Å². The van der Waals surface area contributed by atoms with Gasteiger partial charge in [-0.1, -0.05) is 79.6 Å². The quantitative estimate of drug-likeness (QED) is 0.425. The number of hydrogen-bond acceptors (Lipinski definition) is 0. The van der Waals surface area contributed by atoms with Gasteiger partial charge in [-0.05, 0) is 24.2 Å². The van der Waals surface area contributed by atoms with E-state index in [9.17, 15) is 0 Å². The zero-order valence-corrected chi connectivity index (χ0v) is 12.4. The lowest BCUT2D eigenvalue weighted by Crippen LogP contribution is -2.12. The van der Waals surface area contributed by atoms with E-state index in [-0.39, 0.29) is 0 Å². The molecule has 0 nitrogen and oxygen atoms in total. The molecule has 0 heterocycles. The van der Waals surface area contributed by atoms with Crippen LogP contribution in [-0.4, -0.2) is 0 Å². The van der Waals surface area contributed by atoms with Gasteiger partial charge in [0.25, 0.3) is 0 Å². The molecule has 0 radical (unpaired) electrons. The number of rotatable bonds is 10. The van der Waals surface area contributed by atoms with Crippen LogP contribution >= 0.6 is 0 Å². The summed E-state index contributed by atoms with van der Waals surface area (Å²) in [6.07, 6.45) is 11.3. The average Bonchev–Trinajstić information content (AvgIpc) is 2.27. The fraction of sp³-hybridized carbons (Fsp3) is 1.00. The maximum absolute atomic E-state index is 2.45. The van der Waals surface area contributed by atoms with E-state index in [4.69, 9.17) is 0 Å². The van der Waals surface area contributed by atoms with E-state index in [0.717, 1.165) is 17.8 Å². The molecule has 0 aliphatic heterocycles. The van der Waals surface area contributed by atoms with Gasteiger partial charge < -0.3 is 0 Å². The predicted octanol–water partition coefficient (Wildman–Crippen LogP) is 6.06. The Labute approximate surface area is 104 Å². The van der Waals surface area contributed by atoms with Gasteiger partial charge in [0.15, 0.2) is 0 Å². The number of unbranched alkanes of at least 4 members (excludes halogenated alkanes) is 1. The van der Waals surface area contributed by atoms with Crippen molar-refractivity contribution in [1.82, 2.24) is 0 Å². The zero-order chi connectivity index (χ0) is 12.4. The second-order valence-electron chi connectivity index (χ2n) is 5.76. The predicted molar refractivity (Wildman–Crippen MR) is 75.8 cm³/mol. The molecule has 0 aromatic rings. The van der Waals surface area contributed by atoms with E-state index in [2.05, 4.69) is 34.6 Å². The van der Waals surface area contributed by atoms with E-state index in [1.54, 1.807) is 0 Å². The third-order valence-electron chi connectivity index (χ3n) is 4.15. The first-order valence-electron chi connectivity index (χ1n) is 7.65. The molecule has 0 fully saturated rings. The van der Waals surface area contributed by atoms with Crippen LogP contribution in [-0.2, 0) is 0 Å². The third kappa shape index (κ3) is 7.30. The van der Waals surface area contributed by atoms with Crippen LogP contribution in [0.1, 0.15) is 86.0 Å². The van der Waals surface area contributed by atoms with Gasteiger partial charge in [-0.2, -0.15) is 0 Å². The van der Waals surface area contributed by atoms with Crippen molar-refractivity contribution in [1.29, 1.82) is 0 Å². The second kappa shape index (κ2) is 10.2. The first-order chi connectivity index (χ1) is 7.65. The fourth-order valence-corrected chi connectivity index (χ4v) is 2.78. The van der Waals surface area contributed by atoms with Crippen LogP contribution in [0.3, 0.4) is 0 Å². The number of hydrogen-bond donors (Lipinski definition) is 0. The summed E-state index contributed by atoms with van der Waals surface area (Å²) in [5, 5.41) is 0. The Bertz CT molecular complexity index is 139. The van der Waals surface area contributed by atoms with Gasteiger partial charge >= 0.3 is 0 Å². The van der Waals surface area contributed by atoms with Crippen LogP contribution in [0.4, 0.5) is 0 Å². The molecule has 0 aliphatic carbocycles. The van der Waals surface area contributed by atoms with Crippen molar-refractivity contribution >= 4 is 0 Å². The van der Waals surface area contributed by atoms with Crippen LogP contribution < -0.4 is 0 Å². The van der Waals surface area contributed by atoms with Crippen molar-refractivity contribution in [3.63, 3.8) is 0 Å². The maximum atomic E-state index is 2.45. The van der Waals surface area contributed by atoms with Gasteiger partial charge in [-0.25, -0.2) is 0 Å². The molecule has 0 aromatic heterocycles. The summed E-state index contributed by atoms with van der Waals surface area (Å²) in [7, 11) is 0. The van der Waals surface area contributed by atoms with Gasteiger partial charge in [-0.3, -0.25) is 0 Å². The Kier molecular flexibility index (Phi) is 10.2. The molecule has 3 unspecified atom stereocenters. The second-order valence-corrected chi connectivity index (χ2v) is 5.76. The Morgan fingerprint density at radius 3 is 1.94 bits per heavy atom. The minimum atomic E-state index is 0.938. The van der Waals surface area contributed by atoms with Crippen LogP contribution in [0, 0.1) is 17.8 Å². The zero-order valence-electron chi connectivity index (χ0n) is 12.4. The first-order valence-corrected chi connectivity index (χ1v) is 7.65. The molecule has 3 atom stereocenters. The van der Waals surface area contributed by atoms with Gasteiger partial charge in [0.2, 0.25) is 0 Å². The Morgan fingerprint density at radius 2 is 1.44 bits per heavy atom. The van der Waals surface area contributed by atoms with Gasteiger partial charge in [-0.15, -0.1) is 0 Å². The highest BCUT2D eigenvalue weighted by atomic mass is 14.2. The summed E-state index contributed by atoms with van der Waals surface area (Å²) < 4.78 is 0. The highest BCUT2D eigenvalue weighted by Crippen LogP contribution is 2.27. The van der Waals surface area contributed by atoms with Crippen LogP contribution in [0.2, 0.25) is 0 Å². The van der Waals surface area contributed by atoms with Gasteiger partial charge in [0, 0.05) is 0 Å². The van der Waals surface area contributed by atoms with E-state index >= 15 is 0 Å². The fourth-order valence-electron chi connectivity index (χ4n) is 2.78. The molecule has 0 saturated heterocycles. The summed E-state index contributed by atoms with van der Waals surface area (Å²) in [6.45, 7) is 11.9. The summed E-state index contributed by atoms with van der Waals surface area (Å²) in [4.78, 5) is 0. The van der Waals surface area contributed by atoms with E-state index < -0.39 is 0 Å². The summed E-state index contributed by atoms with van der Waals surface area (Å²) in [5.74, 6) is 2.86. The van der Waals surface area contributed by atoms with Crippen molar-refractivity contribution in [3.8, 4) is 0 Å². The maximum Gasteiger partial charge on any atom is -0.0391 e. The molecule has 0 aromatic carbocycles. The summed E-state index contributed by atoms with van der Waals surface area (Å²) >= 11 is 0. The minimum absolute atomic E-state index is 0.938. The van der Waals surface area contributed by atoms with Crippen molar-refractivity contribution in [3.05, 3.63) is 0 Å². The molecule has 0 heteroatoms. The highest BCUT2D eigenvalue weighted by molar-refractivity contribution is 4.67. The normalized spacial score (nSPS) is 17.1. The van der Waals surface area contributed by atoms with E-state index in [1.807, 2.05) is 0 Å². The molecular weight excluding hydrogens is 192 g/mol. The minimum Gasteiger partial charge on any atom is -0.0654 e. The first kappa shape index (κ1) is 16.0. The van der Waals surface area contributed by atoms with Crippen molar-refractivity contribution in [2.24, 2.45) is 17.8 Å². The molecule has 0 rings (SSSR count). The van der Waals surface area contributed by atoms with Gasteiger partial charge in [0.1, 0.15) is 0 Å². The van der Waals surface area contributed by atoms with Crippen LogP contribution in [0.15, 0.2) is 0 Å². The van der Waals surface area contributed by atoms with Crippen molar-refractivity contribution in [2.45, 2.75) is 86.0 Å².